The van der Waals surface area contributed by atoms with E-state index in [-0.39, 0.29) is 11.7 Å². The molecule has 0 radical (unpaired) electrons. The predicted octanol–water partition coefficient (Wildman–Crippen LogP) is 0.551. The zero-order valence-corrected chi connectivity index (χ0v) is 9.10. The highest BCUT2D eigenvalue weighted by molar-refractivity contribution is 5.85. The fourth-order valence-corrected chi connectivity index (χ4v) is 0.991. The summed E-state index contributed by atoms with van der Waals surface area (Å²) in [7, 11) is 3.28. The second-order valence-corrected chi connectivity index (χ2v) is 3.41. The largest absolute Gasteiger partial charge is 0.477 e. The molecule has 0 spiro atoms. The van der Waals surface area contributed by atoms with Crippen LogP contribution in [0.3, 0.4) is 0 Å². The van der Waals surface area contributed by atoms with Gasteiger partial charge in [0.1, 0.15) is 5.69 Å². The van der Waals surface area contributed by atoms with Gasteiger partial charge in [0.25, 0.3) is 0 Å². The first-order chi connectivity index (χ1) is 7.50. The third-order valence-electron chi connectivity index (χ3n) is 1.89. The minimum absolute atomic E-state index is 0.0114. The van der Waals surface area contributed by atoms with Crippen LogP contribution < -0.4 is 5.32 Å². The van der Waals surface area contributed by atoms with Gasteiger partial charge in [-0.05, 0) is 11.6 Å². The monoisotopic (exact) mass is 223 g/mol. The molecule has 0 saturated carbocycles. The highest BCUT2D eigenvalue weighted by Crippen LogP contribution is 2.00. The molecule has 16 heavy (non-hydrogen) atoms. The maximum Gasteiger partial charge on any atom is 0.354 e. The van der Waals surface area contributed by atoms with Crippen LogP contribution in [0.15, 0.2) is 18.3 Å². The third-order valence-corrected chi connectivity index (χ3v) is 1.89. The number of carboxylic acid groups (broad SMARTS) is 1. The van der Waals surface area contributed by atoms with E-state index in [1.165, 1.54) is 17.2 Å². The zero-order valence-electron chi connectivity index (χ0n) is 9.10. The van der Waals surface area contributed by atoms with Gasteiger partial charge >= 0.3 is 12.0 Å². The lowest BCUT2D eigenvalue weighted by Crippen LogP contribution is -2.33. The fourth-order valence-electron chi connectivity index (χ4n) is 0.991. The Kier molecular flexibility index (Phi) is 3.82. The van der Waals surface area contributed by atoms with Crippen LogP contribution in [-0.2, 0) is 6.54 Å². The number of aromatic carboxylic acids is 1. The summed E-state index contributed by atoms with van der Waals surface area (Å²) in [5, 5.41) is 11.3. The van der Waals surface area contributed by atoms with Crippen molar-refractivity contribution >= 4 is 12.0 Å². The molecule has 0 fully saturated rings. The Morgan fingerprint density at radius 1 is 1.44 bits per heavy atom. The molecule has 2 N–H and O–H groups in total. The molecule has 0 unspecified atom stereocenters. The van der Waals surface area contributed by atoms with Crippen molar-refractivity contribution in [2.24, 2.45) is 0 Å². The number of amides is 2. The number of carboxylic acids is 1. The number of aromatic nitrogens is 1. The number of hydrogen-bond acceptors (Lipinski definition) is 3. The number of rotatable bonds is 3. The van der Waals surface area contributed by atoms with Gasteiger partial charge in [0.2, 0.25) is 0 Å². The summed E-state index contributed by atoms with van der Waals surface area (Å²) in [5.74, 6) is -1.07. The number of pyridine rings is 1. The highest BCUT2D eigenvalue weighted by Gasteiger charge is 2.05. The first kappa shape index (κ1) is 12.0. The minimum Gasteiger partial charge on any atom is -0.477 e. The van der Waals surface area contributed by atoms with Crippen molar-refractivity contribution in [3.05, 3.63) is 29.6 Å². The Balaban J connectivity index is 2.56. The molecule has 6 heteroatoms. The maximum atomic E-state index is 11.2. The molecule has 1 heterocycles. The molecule has 0 aliphatic heterocycles. The van der Waals surface area contributed by atoms with Crippen LogP contribution in [0.5, 0.6) is 0 Å². The van der Waals surface area contributed by atoms with Gasteiger partial charge in [-0.3, -0.25) is 0 Å². The summed E-state index contributed by atoms with van der Waals surface area (Å²) >= 11 is 0. The van der Waals surface area contributed by atoms with Crippen molar-refractivity contribution in [2.45, 2.75) is 6.54 Å². The average molecular weight is 223 g/mol. The lowest BCUT2D eigenvalue weighted by atomic mass is 10.2. The van der Waals surface area contributed by atoms with Crippen LogP contribution in [0.2, 0.25) is 0 Å². The van der Waals surface area contributed by atoms with Crippen LogP contribution in [0.4, 0.5) is 4.79 Å². The SMILES string of the molecule is CN(C)C(=O)NCc1ccc(C(=O)O)nc1. The molecule has 0 aliphatic carbocycles. The van der Waals surface area contributed by atoms with E-state index in [1.54, 1.807) is 20.2 Å². The van der Waals surface area contributed by atoms with Gasteiger partial charge < -0.3 is 15.3 Å². The molecule has 1 rings (SSSR count). The summed E-state index contributed by atoms with van der Waals surface area (Å²) < 4.78 is 0. The summed E-state index contributed by atoms with van der Waals surface area (Å²) in [4.78, 5) is 26.9. The molecule has 1 aromatic heterocycles. The second kappa shape index (κ2) is 5.11. The Labute approximate surface area is 92.9 Å². The van der Waals surface area contributed by atoms with Crippen LogP contribution in [0.1, 0.15) is 16.1 Å². The van der Waals surface area contributed by atoms with Gasteiger partial charge in [-0.2, -0.15) is 0 Å². The maximum absolute atomic E-state index is 11.2. The lowest BCUT2D eigenvalue weighted by molar-refractivity contribution is 0.0690. The first-order valence-corrected chi connectivity index (χ1v) is 4.64. The summed E-state index contributed by atoms with van der Waals surface area (Å²) in [6.07, 6.45) is 1.43. The summed E-state index contributed by atoms with van der Waals surface area (Å²) in [6.45, 7) is 0.323. The highest BCUT2D eigenvalue weighted by atomic mass is 16.4. The van der Waals surface area contributed by atoms with Crippen molar-refractivity contribution in [2.75, 3.05) is 14.1 Å². The molecule has 86 valence electrons. The van der Waals surface area contributed by atoms with E-state index >= 15 is 0 Å². The van der Waals surface area contributed by atoms with Crippen molar-refractivity contribution in [1.82, 2.24) is 15.2 Å². The van der Waals surface area contributed by atoms with Crippen molar-refractivity contribution in [3.63, 3.8) is 0 Å². The van der Waals surface area contributed by atoms with E-state index in [0.717, 1.165) is 5.56 Å². The van der Waals surface area contributed by atoms with E-state index in [0.29, 0.717) is 6.54 Å². The standard InChI is InChI=1S/C10H13N3O3/c1-13(2)10(16)12-6-7-3-4-8(9(14)15)11-5-7/h3-5H,6H2,1-2H3,(H,12,16)(H,14,15). The molecule has 0 bridgehead atoms. The smallest absolute Gasteiger partial charge is 0.354 e. The van der Waals surface area contributed by atoms with Crippen LogP contribution in [0.25, 0.3) is 0 Å². The fraction of sp³-hybridized carbons (Fsp3) is 0.300. The van der Waals surface area contributed by atoms with Gasteiger partial charge in [-0.15, -0.1) is 0 Å². The second-order valence-electron chi connectivity index (χ2n) is 3.41. The number of nitrogens with zero attached hydrogens (tertiary/aromatic N) is 2. The molecule has 0 aromatic carbocycles. The summed E-state index contributed by atoms with van der Waals surface area (Å²) in [6, 6.07) is 2.81. The van der Waals surface area contributed by atoms with E-state index in [2.05, 4.69) is 10.3 Å². The number of urea groups is 1. The van der Waals surface area contributed by atoms with Gasteiger partial charge in [0.15, 0.2) is 0 Å². The van der Waals surface area contributed by atoms with Crippen molar-refractivity contribution < 1.29 is 14.7 Å². The lowest BCUT2D eigenvalue weighted by Gasteiger charge is -2.11. The van der Waals surface area contributed by atoms with E-state index in [1.807, 2.05) is 0 Å². The Morgan fingerprint density at radius 2 is 2.12 bits per heavy atom. The molecule has 2 amide bonds. The van der Waals surface area contributed by atoms with Crippen molar-refractivity contribution in [3.8, 4) is 0 Å². The Hall–Kier alpha value is -2.11. The minimum atomic E-state index is -1.07. The molecule has 0 saturated heterocycles. The molecular weight excluding hydrogens is 210 g/mol. The molecule has 6 nitrogen and oxygen atoms in total. The predicted molar refractivity (Wildman–Crippen MR) is 57.1 cm³/mol. The molecule has 1 aromatic rings. The molecular formula is C10H13N3O3. The molecule has 0 atom stereocenters. The van der Waals surface area contributed by atoms with Gasteiger partial charge in [0, 0.05) is 26.8 Å². The average Bonchev–Trinajstić information content (AvgIpc) is 2.26. The summed E-state index contributed by atoms with van der Waals surface area (Å²) in [5.41, 5.74) is 0.739. The number of carbonyl (C=O) groups excluding carboxylic acids is 1. The van der Waals surface area contributed by atoms with Crippen molar-refractivity contribution in [1.29, 1.82) is 0 Å². The topological polar surface area (TPSA) is 82.5 Å². The van der Waals surface area contributed by atoms with E-state index < -0.39 is 5.97 Å². The van der Waals surface area contributed by atoms with Crippen LogP contribution >= 0.6 is 0 Å². The first-order valence-electron chi connectivity index (χ1n) is 4.64. The number of hydrogen-bond donors (Lipinski definition) is 2. The zero-order chi connectivity index (χ0) is 12.1. The van der Waals surface area contributed by atoms with E-state index in [9.17, 15) is 9.59 Å². The van der Waals surface area contributed by atoms with E-state index in [4.69, 9.17) is 5.11 Å². The normalized spacial score (nSPS) is 9.62. The Morgan fingerprint density at radius 3 is 2.56 bits per heavy atom. The van der Waals surface area contributed by atoms with Crippen LogP contribution in [0, 0.1) is 0 Å². The third kappa shape index (κ3) is 3.23. The molecule has 0 aliphatic rings. The Bertz CT molecular complexity index is 387. The van der Waals surface area contributed by atoms with Gasteiger partial charge in [0.05, 0.1) is 0 Å². The number of nitrogens with one attached hydrogen (secondary N) is 1. The van der Waals surface area contributed by atoms with Gasteiger partial charge in [-0.25, -0.2) is 14.6 Å². The van der Waals surface area contributed by atoms with Gasteiger partial charge in [-0.1, -0.05) is 6.07 Å². The van der Waals surface area contributed by atoms with Crippen LogP contribution in [-0.4, -0.2) is 41.1 Å². The quantitative estimate of drug-likeness (QED) is 0.784. The number of carbonyl (C=O) groups is 2.